The number of hydrogen-bond donors (Lipinski definition) is 0. The molecule has 0 spiro atoms. The van der Waals surface area contributed by atoms with Crippen molar-refractivity contribution in [1.29, 1.82) is 0 Å². The molecule has 1 aliphatic heterocycles. The molecule has 0 aliphatic carbocycles. The van der Waals surface area contributed by atoms with E-state index < -0.39 is 12.0 Å². The number of esters is 1. The molecule has 38 heavy (non-hydrogen) atoms. The van der Waals surface area contributed by atoms with Crippen LogP contribution in [0.25, 0.3) is 17.4 Å². The summed E-state index contributed by atoms with van der Waals surface area (Å²) in [5.74, 6) is 1.26. The highest BCUT2D eigenvalue weighted by Crippen LogP contribution is 2.32. The molecule has 9 heteroatoms. The third-order valence-corrected chi connectivity index (χ3v) is 7.37. The number of rotatable bonds is 6. The zero-order valence-corrected chi connectivity index (χ0v) is 22.8. The molecule has 0 saturated carbocycles. The zero-order valence-electron chi connectivity index (χ0n) is 21.2. The minimum absolute atomic E-state index is 0.285. The first-order chi connectivity index (χ1) is 18.3. The number of allylic oxidation sites excluding steroid dienone is 1. The summed E-state index contributed by atoms with van der Waals surface area (Å²) in [6.07, 6.45) is 1.36. The number of aromatic nitrogens is 1. The third-order valence-electron chi connectivity index (χ3n) is 6.06. The Morgan fingerprint density at radius 3 is 2.55 bits per heavy atom. The Hall–Kier alpha value is -3.88. The van der Waals surface area contributed by atoms with E-state index in [4.69, 9.17) is 25.5 Å². The predicted molar refractivity (Wildman–Crippen MR) is 147 cm³/mol. The van der Waals surface area contributed by atoms with Crippen molar-refractivity contribution in [2.24, 2.45) is 4.99 Å². The Bertz CT molecular complexity index is 1730. The molecule has 0 fully saturated rings. The lowest BCUT2D eigenvalue weighted by molar-refractivity contribution is -0.143. The number of furan rings is 1. The zero-order chi connectivity index (χ0) is 27.0. The van der Waals surface area contributed by atoms with Crippen molar-refractivity contribution < 1.29 is 18.7 Å². The highest BCUT2D eigenvalue weighted by molar-refractivity contribution is 7.07. The second-order valence-corrected chi connectivity index (χ2v) is 10.4. The van der Waals surface area contributed by atoms with Gasteiger partial charge in [0.1, 0.15) is 17.3 Å². The molecule has 1 aliphatic rings. The van der Waals surface area contributed by atoms with Gasteiger partial charge >= 0.3 is 5.97 Å². The summed E-state index contributed by atoms with van der Waals surface area (Å²) < 4.78 is 18.8. The van der Waals surface area contributed by atoms with E-state index in [0.717, 1.165) is 11.1 Å². The van der Waals surface area contributed by atoms with Crippen molar-refractivity contribution in [2.75, 3.05) is 7.11 Å². The quantitative estimate of drug-likeness (QED) is 0.313. The Labute approximate surface area is 227 Å². The summed E-state index contributed by atoms with van der Waals surface area (Å²) in [5, 5.41) is 0.573. The van der Waals surface area contributed by atoms with Crippen molar-refractivity contribution in [3.8, 4) is 17.1 Å². The molecule has 2 aromatic carbocycles. The number of nitrogens with zero attached hydrogens (tertiary/aromatic N) is 2. The van der Waals surface area contributed by atoms with Gasteiger partial charge in [-0.3, -0.25) is 9.36 Å². The Kier molecular flexibility index (Phi) is 7.10. The summed E-state index contributed by atoms with van der Waals surface area (Å²) in [5.41, 5.74) is 2.04. The topological polar surface area (TPSA) is 83.0 Å². The number of carbonyl (C=O) groups excluding carboxylic acids is 1. The van der Waals surface area contributed by atoms with Crippen LogP contribution in [0.3, 0.4) is 0 Å². The molecular weight excluding hydrogens is 524 g/mol. The van der Waals surface area contributed by atoms with Crippen LogP contribution in [-0.2, 0) is 9.53 Å². The van der Waals surface area contributed by atoms with Crippen LogP contribution in [0.15, 0.2) is 86.1 Å². The molecule has 7 nitrogen and oxygen atoms in total. The first-order valence-corrected chi connectivity index (χ1v) is 13.2. The Morgan fingerprint density at radius 2 is 1.87 bits per heavy atom. The number of methoxy groups -OCH3 is 1. The van der Waals surface area contributed by atoms with Crippen molar-refractivity contribution in [2.45, 2.75) is 32.9 Å². The monoisotopic (exact) mass is 548 g/mol. The van der Waals surface area contributed by atoms with Crippen LogP contribution in [0.1, 0.15) is 38.1 Å². The van der Waals surface area contributed by atoms with Crippen molar-refractivity contribution in [3.05, 3.63) is 108 Å². The van der Waals surface area contributed by atoms with Crippen LogP contribution in [0.5, 0.6) is 5.75 Å². The molecule has 4 aromatic rings. The molecule has 0 saturated heterocycles. The van der Waals surface area contributed by atoms with Gasteiger partial charge < -0.3 is 13.9 Å². The fourth-order valence-corrected chi connectivity index (χ4v) is 5.58. The number of carbonyl (C=O) groups is 1. The maximum absolute atomic E-state index is 13.8. The molecule has 1 unspecified atom stereocenters. The van der Waals surface area contributed by atoms with Crippen LogP contribution in [0, 0.1) is 0 Å². The SMILES string of the molecule is COc1ccc(C2C(C(=O)OC(C)C)=C(C)N=c3sc(=Cc4ccc(-c5ccccc5Cl)o4)c(=O)n32)cc1. The number of thiazole rings is 1. The molecule has 0 bridgehead atoms. The van der Waals surface area contributed by atoms with Crippen molar-refractivity contribution >= 4 is 35.0 Å². The van der Waals surface area contributed by atoms with E-state index in [-0.39, 0.29) is 11.7 Å². The van der Waals surface area contributed by atoms with Gasteiger partial charge in [0.25, 0.3) is 5.56 Å². The van der Waals surface area contributed by atoms with Crippen LogP contribution >= 0.6 is 22.9 Å². The van der Waals surface area contributed by atoms with Crippen LogP contribution in [0.2, 0.25) is 5.02 Å². The van der Waals surface area contributed by atoms with Crippen LogP contribution < -0.4 is 19.6 Å². The van der Waals surface area contributed by atoms with Crippen molar-refractivity contribution in [3.63, 3.8) is 0 Å². The maximum atomic E-state index is 13.8. The first kappa shape index (κ1) is 25.8. The Balaban J connectivity index is 1.64. The van der Waals surface area contributed by atoms with Gasteiger partial charge in [0.15, 0.2) is 4.80 Å². The largest absolute Gasteiger partial charge is 0.497 e. The molecule has 0 radical (unpaired) electrons. The van der Waals surface area contributed by atoms with E-state index in [9.17, 15) is 9.59 Å². The summed E-state index contributed by atoms with van der Waals surface area (Å²) >= 11 is 7.55. The molecule has 5 rings (SSSR count). The molecular formula is C29H25ClN2O5S. The minimum Gasteiger partial charge on any atom is -0.497 e. The summed E-state index contributed by atoms with van der Waals surface area (Å²) in [4.78, 5) is 32.1. The van der Waals surface area contributed by atoms with Gasteiger partial charge in [-0.1, -0.05) is 47.2 Å². The molecule has 194 valence electrons. The second-order valence-electron chi connectivity index (χ2n) is 8.99. The van der Waals surface area contributed by atoms with Crippen molar-refractivity contribution in [1.82, 2.24) is 4.57 Å². The number of halogens is 1. The highest BCUT2D eigenvalue weighted by Gasteiger charge is 2.33. The summed E-state index contributed by atoms with van der Waals surface area (Å²) in [6.45, 7) is 5.32. The van der Waals surface area contributed by atoms with Gasteiger partial charge in [0.2, 0.25) is 0 Å². The lowest BCUT2D eigenvalue weighted by Crippen LogP contribution is -2.40. The minimum atomic E-state index is -0.708. The average molecular weight is 549 g/mol. The molecule has 2 aromatic heterocycles. The van der Waals surface area contributed by atoms with E-state index in [0.29, 0.717) is 42.9 Å². The fraction of sp³-hybridized carbons (Fsp3) is 0.207. The van der Waals surface area contributed by atoms with Gasteiger partial charge in [-0.25, -0.2) is 9.79 Å². The van der Waals surface area contributed by atoms with Gasteiger partial charge in [-0.15, -0.1) is 0 Å². The van der Waals surface area contributed by atoms with E-state index in [1.54, 1.807) is 62.8 Å². The molecule has 3 heterocycles. The predicted octanol–water partition coefficient (Wildman–Crippen LogP) is 5.11. The number of ether oxygens (including phenoxy) is 2. The fourth-order valence-electron chi connectivity index (χ4n) is 4.33. The Morgan fingerprint density at radius 1 is 1.13 bits per heavy atom. The number of hydrogen-bond acceptors (Lipinski definition) is 7. The standard InChI is InChI=1S/C29H25ClN2O5S/c1-16(2)36-28(34)25-17(3)31-29-32(26(25)18-9-11-19(35-4)12-10-18)27(33)24(38-29)15-20-13-14-23(37-20)21-7-5-6-8-22(21)30/h5-16,26H,1-4H3. The summed E-state index contributed by atoms with van der Waals surface area (Å²) in [6, 6.07) is 17.6. The smallest absolute Gasteiger partial charge is 0.338 e. The van der Waals surface area contributed by atoms with Crippen LogP contribution in [0.4, 0.5) is 0 Å². The molecule has 1 atom stereocenters. The third kappa shape index (κ3) is 4.85. The normalized spacial score (nSPS) is 15.4. The maximum Gasteiger partial charge on any atom is 0.338 e. The van der Waals surface area contributed by atoms with Gasteiger partial charge in [0, 0.05) is 11.6 Å². The molecule has 0 N–H and O–H groups in total. The first-order valence-electron chi connectivity index (χ1n) is 12.0. The van der Waals surface area contributed by atoms with E-state index in [1.165, 1.54) is 11.3 Å². The van der Waals surface area contributed by atoms with E-state index >= 15 is 0 Å². The lowest BCUT2D eigenvalue weighted by Gasteiger charge is -2.25. The second kappa shape index (κ2) is 10.5. The molecule has 0 amide bonds. The van der Waals surface area contributed by atoms with E-state index in [2.05, 4.69) is 4.99 Å². The van der Waals surface area contributed by atoms with E-state index in [1.807, 2.05) is 36.4 Å². The number of fused-ring (bicyclic) bond motifs is 1. The average Bonchev–Trinajstić information content (AvgIpc) is 3.47. The number of benzene rings is 2. The highest BCUT2D eigenvalue weighted by atomic mass is 35.5. The lowest BCUT2D eigenvalue weighted by atomic mass is 9.96. The van der Waals surface area contributed by atoms with Gasteiger partial charge in [-0.2, -0.15) is 0 Å². The summed E-state index contributed by atoms with van der Waals surface area (Å²) in [7, 11) is 1.58. The van der Waals surface area contributed by atoms with Gasteiger partial charge in [-0.05, 0) is 62.7 Å². The van der Waals surface area contributed by atoms with Gasteiger partial charge in [0.05, 0.1) is 40.1 Å². The van der Waals surface area contributed by atoms with Crippen LogP contribution in [-0.4, -0.2) is 23.8 Å².